The number of hydrogen-bond donors (Lipinski definition) is 1. The maximum absolute atomic E-state index is 5.80. The summed E-state index contributed by atoms with van der Waals surface area (Å²) in [6.45, 7) is 6.40. The van der Waals surface area contributed by atoms with Crippen molar-refractivity contribution in [1.82, 2.24) is 25.0 Å². The van der Waals surface area contributed by atoms with E-state index in [9.17, 15) is 0 Å². The van der Waals surface area contributed by atoms with Gasteiger partial charge in [-0.1, -0.05) is 5.16 Å². The van der Waals surface area contributed by atoms with Gasteiger partial charge in [-0.3, -0.25) is 4.90 Å². The van der Waals surface area contributed by atoms with Crippen LogP contribution in [0.25, 0.3) is 0 Å². The molecular weight excluding hydrogens is 272 g/mol. The van der Waals surface area contributed by atoms with Crippen molar-refractivity contribution in [2.24, 2.45) is 0 Å². The van der Waals surface area contributed by atoms with Gasteiger partial charge in [0.25, 0.3) is 0 Å². The molecule has 0 saturated carbocycles. The van der Waals surface area contributed by atoms with Gasteiger partial charge < -0.3 is 15.0 Å². The maximum atomic E-state index is 5.80. The first-order valence-electron chi connectivity index (χ1n) is 6.84. The topological polar surface area (TPSA) is 103 Å². The minimum Gasteiger partial charge on any atom is -0.384 e. The van der Waals surface area contributed by atoms with Crippen molar-refractivity contribution in [3.8, 4) is 0 Å². The molecule has 2 aromatic heterocycles. The third-order valence-corrected chi connectivity index (χ3v) is 3.29. The number of nitrogens with two attached hydrogens (primary N) is 1. The molecule has 3 rings (SSSR count). The standard InChI is InChI=1S/C13H18N6O2/c1-8-15-10(5-12(14)16-8)11-6-19(3-4-20-11)7-13-17-9(2)21-18-13/h5,11H,3-4,6-7H2,1-2H3,(H2,14,15,16). The van der Waals surface area contributed by atoms with E-state index in [0.717, 1.165) is 12.2 Å². The average molecular weight is 290 g/mol. The first kappa shape index (κ1) is 13.9. The molecule has 8 nitrogen and oxygen atoms in total. The highest BCUT2D eigenvalue weighted by molar-refractivity contribution is 5.30. The van der Waals surface area contributed by atoms with Crippen molar-refractivity contribution in [2.45, 2.75) is 26.5 Å². The van der Waals surface area contributed by atoms with Crippen LogP contribution in [-0.4, -0.2) is 44.7 Å². The molecule has 0 aliphatic carbocycles. The van der Waals surface area contributed by atoms with Crippen LogP contribution in [0.3, 0.4) is 0 Å². The highest BCUT2D eigenvalue weighted by Crippen LogP contribution is 2.22. The largest absolute Gasteiger partial charge is 0.384 e. The number of ether oxygens (including phenoxy) is 1. The minimum absolute atomic E-state index is 0.115. The Balaban J connectivity index is 1.70. The highest BCUT2D eigenvalue weighted by atomic mass is 16.5. The molecule has 0 spiro atoms. The van der Waals surface area contributed by atoms with E-state index in [1.165, 1.54) is 0 Å². The number of aromatic nitrogens is 4. The number of morpholine rings is 1. The zero-order valence-corrected chi connectivity index (χ0v) is 12.1. The molecule has 1 saturated heterocycles. The van der Waals surface area contributed by atoms with E-state index in [1.807, 2.05) is 6.92 Å². The summed E-state index contributed by atoms with van der Waals surface area (Å²) in [5.74, 6) is 2.38. The summed E-state index contributed by atoms with van der Waals surface area (Å²) >= 11 is 0. The molecule has 2 aromatic rings. The Bertz CT molecular complexity index is 609. The van der Waals surface area contributed by atoms with E-state index in [4.69, 9.17) is 15.0 Å². The summed E-state index contributed by atoms with van der Waals surface area (Å²) < 4.78 is 10.8. The minimum atomic E-state index is -0.115. The smallest absolute Gasteiger partial charge is 0.223 e. The van der Waals surface area contributed by atoms with Gasteiger partial charge in [0.15, 0.2) is 5.82 Å². The fraction of sp³-hybridized carbons (Fsp3) is 0.538. The van der Waals surface area contributed by atoms with Crippen molar-refractivity contribution < 1.29 is 9.26 Å². The second kappa shape index (κ2) is 5.74. The molecule has 0 amide bonds. The Morgan fingerprint density at radius 1 is 1.33 bits per heavy atom. The van der Waals surface area contributed by atoms with Crippen LogP contribution in [0.2, 0.25) is 0 Å². The Kier molecular flexibility index (Phi) is 3.80. The Morgan fingerprint density at radius 3 is 2.90 bits per heavy atom. The molecular formula is C13H18N6O2. The van der Waals surface area contributed by atoms with Gasteiger partial charge in [-0.25, -0.2) is 9.97 Å². The molecule has 0 bridgehead atoms. The van der Waals surface area contributed by atoms with Gasteiger partial charge >= 0.3 is 0 Å². The van der Waals surface area contributed by atoms with Crippen LogP contribution >= 0.6 is 0 Å². The van der Waals surface area contributed by atoms with Crippen LogP contribution in [0, 0.1) is 13.8 Å². The number of nitrogens with zero attached hydrogens (tertiary/aromatic N) is 5. The van der Waals surface area contributed by atoms with Crippen molar-refractivity contribution >= 4 is 5.82 Å². The molecule has 3 heterocycles. The highest BCUT2D eigenvalue weighted by Gasteiger charge is 2.24. The lowest BCUT2D eigenvalue weighted by Gasteiger charge is -2.31. The van der Waals surface area contributed by atoms with Crippen LogP contribution in [0.5, 0.6) is 0 Å². The monoisotopic (exact) mass is 290 g/mol. The summed E-state index contributed by atoms with van der Waals surface area (Å²) in [5, 5.41) is 3.92. The lowest BCUT2D eigenvalue weighted by molar-refractivity contribution is -0.0359. The lowest BCUT2D eigenvalue weighted by atomic mass is 10.2. The predicted octanol–water partition coefficient (Wildman–Crippen LogP) is 0.632. The van der Waals surface area contributed by atoms with Crippen molar-refractivity contribution in [1.29, 1.82) is 0 Å². The fourth-order valence-electron chi connectivity index (χ4n) is 2.41. The number of hydrogen-bond acceptors (Lipinski definition) is 8. The third-order valence-electron chi connectivity index (χ3n) is 3.29. The molecule has 1 aliphatic heterocycles. The quantitative estimate of drug-likeness (QED) is 0.878. The molecule has 1 atom stereocenters. The zero-order valence-electron chi connectivity index (χ0n) is 12.1. The number of anilines is 1. The molecule has 0 radical (unpaired) electrons. The van der Waals surface area contributed by atoms with Crippen molar-refractivity contribution in [3.05, 3.63) is 29.3 Å². The second-order valence-electron chi connectivity index (χ2n) is 5.09. The van der Waals surface area contributed by atoms with Crippen LogP contribution in [-0.2, 0) is 11.3 Å². The number of aryl methyl sites for hydroxylation is 2. The Labute approximate surface area is 122 Å². The van der Waals surface area contributed by atoms with E-state index in [0.29, 0.717) is 43.1 Å². The third kappa shape index (κ3) is 3.34. The number of rotatable bonds is 3. The average Bonchev–Trinajstić information content (AvgIpc) is 2.83. The predicted molar refractivity (Wildman–Crippen MR) is 74.2 cm³/mol. The summed E-state index contributed by atoms with van der Waals surface area (Å²) in [5.41, 5.74) is 6.59. The Morgan fingerprint density at radius 2 is 2.19 bits per heavy atom. The maximum Gasteiger partial charge on any atom is 0.223 e. The molecule has 1 fully saturated rings. The van der Waals surface area contributed by atoms with E-state index in [1.54, 1.807) is 13.0 Å². The molecule has 21 heavy (non-hydrogen) atoms. The second-order valence-corrected chi connectivity index (χ2v) is 5.09. The first-order valence-corrected chi connectivity index (χ1v) is 6.84. The lowest BCUT2D eigenvalue weighted by Crippen LogP contribution is -2.38. The zero-order chi connectivity index (χ0) is 14.8. The molecule has 1 unspecified atom stereocenters. The van der Waals surface area contributed by atoms with E-state index < -0.39 is 0 Å². The van der Waals surface area contributed by atoms with Crippen molar-refractivity contribution in [2.75, 3.05) is 25.4 Å². The van der Waals surface area contributed by atoms with E-state index in [2.05, 4.69) is 25.0 Å². The van der Waals surface area contributed by atoms with Gasteiger partial charge in [-0.15, -0.1) is 0 Å². The molecule has 8 heteroatoms. The van der Waals surface area contributed by atoms with Crippen LogP contribution in [0.1, 0.15) is 29.3 Å². The van der Waals surface area contributed by atoms with Gasteiger partial charge in [0.1, 0.15) is 17.7 Å². The fourth-order valence-corrected chi connectivity index (χ4v) is 2.41. The van der Waals surface area contributed by atoms with Gasteiger partial charge in [0, 0.05) is 26.1 Å². The summed E-state index contributed by atoms with van der Waals surface area (Å²) in [7, 11) is 0. The van der Waals surface area contributed by atoms with Crippen LogP contribution < -0.4 is 5.73 Å². The van der Waals surface area contributed by atoms with Gasteiger partial charge in [-0.05, 0) is 6.92 Å². The molecule has 1 aliphatic rings. The number of nitrogen functional groups attached to an aromatic ring is 1. The van der Waals surface area contributed by atoms with Crippen molar-refractivity contribution in [3.63, 3.8) is 0 Å². The normalized spacial score (nSPS) is 19.8. The van der Waals surface area contributed by atoms with Crippen LogP contribution in [0.4, 0.5) is 5.82 Å². The summed E-state index contributed by atoms with van der Waals surface area (Å²) in [6.07, 6.45) is -0.115. The van der Waals surface area contributed by atoms with Gasteiger partial charge in [0.2, 0.25) is 5.89 Å². The molecule has 0 aromatic carbocycles. The summed E-state index contributed by atoms with van der Waals surface area (Å²) in [4.78, 5) is 14.9. The molecule has 2 N–H and O–H groups in total. The molecule has 112 valence electrons. The van der Waals surface area contributed by atoms with Gasteiger partial charge in [-0.2, -0.15) is 4.98 Å². The SMILES string of the molecule is Cc1nc(N)cc(C2CN(Cc3noc(C)n3)CCO2)n1. The first-order chi connectivity index (χ1) is 10.1. The van der Waals surface area contributed by atoms with E-state index >= 15 is 0 Å². The van der Waals surface area contributed by atoms with Gasteiger partial charge in [0.05, 0.1) is 18.8 Å². The van der Waals surface area contributed by atoms with E-state index in [-0.39, 0.29) is 6.10 Å². The summed E-state index contributed by atoms with van der Waals surface area (Å²) in [6, 6.07) is 1.76. The van der Waals surface area contributed by atoms with Crippen LogP contribution in [0.15, 0.2) is 10.6 Å². The Hall–Kier alpha value is -2.06.